The van der Waals surface area contributed by atoms with Gasteiger partial charge in [-0.3, -0.25) is 14.4 Å². The number of carbonyl (C=O) groups excluding carboxylic acids is 5. The fraction of sp³-hybridized carbons (Fsp3) is 0.414. The van der Waals surface area contributed by atoms with Crippen molar-refractivity contribution in [1.82, 2.24) is 20.9 Å². The summed E-state index contributed by atoms with van der Waals surface area (Å²) in [6.07, 6.45) is -0.652. The number of ether oxygens (including phenoxy) is 2. The molecule has 11 nitrogen and oxygen atoms in total. The molecule has 0 saturated carbocycles. The molecule has 4 amide bonds. The van der Waals surface area contributed by atoms with E-state index in [0.29, 0.717) is 0 Å². The molecule has 214 valence electrons. The molecule has 1 saturated heterocycles. The topological polar surface area (TPSA) is 143 Å². The van der Waals surface area contributed by atoms with Crippen molar-refractivity contribution in [3.05, 3.63) is 71.8 Å². The van der Waals surface area contributed by atoms with E-state index >= 15 is 0 Å². The normalized spacial score (nSPS) is 19.2. The molecular formula is C29H36N4O7. The highest BCUT2D eigenvalue weighted by Gasteiger charge is 2.54. The number of benzene rings is 2. The summed E-state index contributed by atoms with van der Waals surface area (Å²) in [5.74, 6) is -2.68. The molecule has 1 aliphatic heterocycles. The van der Waals surface area contributed by atoms with Crippen LogP contribution in [0.15, 0.2) is 60.7 Å². The average molecular weight is 553 g/mol. The molecule has 1 fully saturated rings. The van der Waals surface area contributed by atoms with E-state index in [1.807, 2.05) is 60.7 Å². The second kappa shape index (κ2) is 13.6. The molecular weight excluding hydrogens is 516 g/mol. The zero-order chi connectivity index (χ0) is 29.4. The first-order valence-electron chi connectivity index (χ1n) is 13.1. The van der Waals surface area contributed by atoms with Gasteiger partial charge in [0.1, 0.15) is 24.7 Å². The highest BCUT2D eigenvalue weighted by Crippen LogP contribution is 2.43. The fourth-order valence-corrected chi connectivity index (χ4v) is 4.61. The van der Waals surface area contributed by atoms with Crippen molar-refractivity contribution < 1.29 is 33.4 Å². The highest BCUT2D eigenvalue weighted by atomic mass is 16.5. The van der Waals surface area contributed by atoms with Crippen LogP contribution in [0, 0.1) is 5.92 Å². The third kappa shape index (κ3) is 7.16. The molecule has 3 N–H and O–H groups in total. The molecule has 0 unspecified atom stereocenters. The van der Waals surface area contributed by atoms with Crippen LogP contribution < -0.4 is 16.0 Å². The first kappa shape index (κ1) is 30.1. The molecule has 2 aromatic carbocycles. The lowest BCUT2D eigenvalue weighted by atomic mass is 9.77. The molecule has 0 aromatic heterocycles. The molecule has 0 spiro atoms. The molecule has 1 aliphatic rings. The second-order valence-electron chi connectivity index (χ2n) is 9.78. The Morgan fingerprint density at radius 3 is 2.00 bits per heavy atom. The van der Waals surface area contributed by atoms with Crippen LogP contribution in [-0.2, 0) is 35.3 Å². The number of nitrogens with zero attached hydrogens (tertiary/aromatic N) is 1. The third-order valence-electron chi connectivity index (χ3n) is 6.88. The van der Waals surface area contributed by atoms with Crippen molar-refractivity contribution >= 4 is 29.8 Å². The monoisotopic (exact) mass is 552 g/mol. The molecule has 40 heavy (non-hydrogen) atoms. The van der Waals surface area contributed by atoms with E-state index in [9.17, 15) is 24.0 Å². The van der Waals surface area contributed by atoms with Crippen LogP contribution in [0.4, 0.5) is 4.79 Å². The predicted molar refractivity (Wildman–Crippen MR) is 145 cm³/mol. The third-order valence-corrected chi connectivity index (χ3v) is 6.88. The van der Waals surface area contributed by atoms with E-state index in [-0.39, 0.29) is 12.5 Å². The summed E-state index contributed by atoms with van der Waals surface area (Å²) in [6.45, 7) is 6.34. The van der Waals surface area contributed by atoms with E-state index in [1.54, 1.807) is 13.8 Å². The van der Waals surface area contributed by atoms with E-state index in [2.05, 4.69) is 20.7 Å². The van der Waals surface area contributed by atoms with Gasteiger partial charge in [-0.1, -0.05) is 60.7 Å². The van der Waals surface area contributed by atoms with Crippen molar-refractivity contribution in [2.24, 2.45) is 5.92 Å². The first-order valence-corrected chi connectivity index (χ1v) is 13.1. The lowest BCUT2D eigenvalue weighted by molar-refractivity contribution is -0.166. The van der Waals surface area contributed by atoms with Gasteiger partial charge in [-0.25, -0.2) is 9.59 Å². The Hall–Kier alpha value is -4.41. The van der Waals surface area contributed by atoms with Crippen LogP contribution in [0.25, 0.3) is 0 Å². The standard InChI is InChI=1S/C29H36N4O7/c1-17(32-29(38)40-16-21-12-8-6-9-13-21)23-24(22-14-10-7-11-15-22)33(27(23)36)20(4)26(35)30-18(2)25(34)31-19(3)28(37)39-5/h6-15,17-20,23-24H,16H2,1-5H3,(H,30,35)(H,31,34)(H,32,38)/t17-,18-,19-,20-,23+,24+/m0/s1. The van der Waals surface area contributed by atoms with Gasteiger partial charge in [0, 0.05) is 6.04 Å². The van der Waals surface area contributed by atoms with Crippen LogP contribution >= 0.6 is 0 Å². The number of alkyl carbamates (subject to hydrolysis) is 1. The number of hydrogen-bond acceptors (Lipinski definition) is 7. The maximum absolute atomic E-state index is 13.4. The molecule has 3 rings (SSSR count). The number of likely N-dealkylation sites (tertiary alicyclic amines) is 1. The van der Waals surface area contributed by atoms with Crippen LogP contribution in [0.2, 0.25) is 0 Å². The van der Waals surface area contributed by atoms with Gasteiger partial charge >= 0.3 is 12.1 Å². The number of carbonyl (C=O) groups is 5. The minimum Gasteiger partial charge on any atom is -0.467 e. The first-order chi connectivity index (χ1) is 19.0. The van der Waals surface area contributed by atoms with Gasteiger partial charge in [-0.2, -0.15) is 0 Å². The Bertz CT molecular complexity index is 1210. The largest absolute Gasteiger partial charge is 0.467 e. The maximum Gasteiger partial charge on any atom is 0.407 e. The summed E-state index contributed by atoms with van der Waals surface area (Å²) in [7, 11) is 1.21. The van der Waals surface area contributed by atoms with Crippen molar-refractivity contribution in [3.63, 3.8) is 0 Å². The number of amides is 4. The van der Waals surface area contributed by atoms with Crippen molar-refractivity contribution in [2.75, 3.05) is 7.11 Å². The average Bonchev–Trinajstić information content (AvgIpc) is 2.94. The summed E-state index contributed by atoms with van der Waals surface area (Å²) >= 11 is 0. The summed E-state index contributed by atoms with van der Waals surface area (Å²) in [5, 5.41) is 7.83. The van der Waals surface area contributed by atoms with E-state index in [0.717, 1.165) is 11.1 Å². The SMILES string of the molecule is COC(=O)[C@H](C)NC(=O)[C@H](C)NC(=O)[C@H](C)N1C(=O)[C@H]([C@H](C)NC(=O)OCc2ccccc2)[C@H]1c1ccccc1. The summed E-state index contributed by atoms with van der Waals surface area (Å²) in [4.78, 5) is 64.5. The molecule has 1 heterocycles. The molecule has 2 aromatic rings. The van der Waals surface area contributed by atoms with Crippen LogP contribution in [0.1, 0.15) is 44.9 Å². The lowest BCUT2D eigenvalue weighted by Crippen LogP contribution is -2.66. The Morgan fingerprint density at radius 1 is 0.825 bits per heavy atom. The van der Waals surface area contributed by atoms with Crippen LogP contribution in [0.5, 0.6) is 0 Å². The smallest absolute Gasteiger partial charge is 0.407 e. The zero-order valence-electron chi connectivity index (χ0n) is 23.2. The number of nitrogens with one attached hydrogen (secondary N) is 3. The number of methoxy groups -OCH3 is 1. The molecule has 0 bridgehead atoms. The number of esters is 1. The van der Waals surface area contributed by atoms with E-state index in [1.165, 1.54) is 25.9 Å². The van der Waals surface area contributed by atoms with Gasteiger partial charge in [-0.15, -0.1) is 0 Å². The maximum atomic E-state index is 13.4. The summed E-state index contributed by atoms with van der Waals surface area (Å²) < 4.78 is 9.91. The molecule has 0 radical (unpaired) electrons. The Kier molecular flexibility index (Phi) is 10.2. The molecule has 6 atom stereocenters. The zero-order valence-corrected chi connectivity index (χ0v) is 23.2. The summed E-state index contributed by atoms with van der Waals surface area (Å²) in [6, 6.07) is 14.6. The van der Waals surface area contributed by atoms with Gasteiger partial charge in [-0.05, 0) is 38.8 Å². The predicted octanol–water partition coefficient (Wildman–Crippen LogP) is 2.07. The number of hydrogen-bond donors (Lipinski definition) is 3. The minimum absolute atomic E-state index is 0.0909. The van der Waals surface area contributed by atoms with E-state index in [4.69, 9.17) is 4.74 Å². The second-order valence-corrected chi connectivity index (χ2v) is 9.78. The van der Waals surface area contributed by atoms with Gasteiger partial charge in [0.15, 0.2) is 0 Å². The number of rotatable bonds is 11. The van der Waals surface area contributed by atoms with Crippen molar-refractivity contribution in [1.29, 1.82) is 0 Å². The van der Waals surface area contributed by atoms with Gasteiger partial charge in [0.2, 0.25) is 17.7 Å². The van der Waals surface area contributed by atoms with Crippen LogP contribution in [-0.4, -0.2) is 66.0 Å². The van der Waals surface area contributed by atoms with E-state index < -0.39 is 60.0 Å². The van der Waals surface area contributed by atoms with Crippen molar-refractivity contribution in [2.45, 2.75) is 64.5 Å². The minimum atomic E-state index is -0.968. The Morgan fingerprint density at radius 2 is 1.40 bits per heavy atom. The van der Waals surface area contributed by atoms with Gasteiger partial charge in [0.05, 0.1) is 19.1 Å². The number of β-lactam (4-membered cyclic amide) rings is 1. The van der Waals surface area contributed by atoms with Gasteiger partial charge < -0.3 is 30.3 Å². The Balaban J connectivity index is 1.67. The highest BCUT2D eigenvalue weighted by molar-refractivity contribution is 5.96. The molecule has 0 aliphatic carbocycles. The lowest BCUT2D eigenvalue weighted by Gasteiger charge is -2.52. The molecule has 11 heteroatoms. The summed E-state index contributed by atoms with van der Waals surface area (Å²) in [5.41, 5.74) is 1.64. The van der Waals surface area contributed by atoms with Crippen molar-refractivity contribution in [3.8, 4) is 0 Å². The van der Waals surface area contributed by atoms with Gasteiger partial charge in [0.25, 0.3) is 0 Å². The Labute approximate surface area is 233 Å². The quantitative estimate of drug-likeness (QED) is 0.286. The fourth-order valence-electron chi connectivity index (χ4n) is 4.61. The van der Waals surface area contributed by atoms with Crippen LogP contribution in [0.3, 0.4) is 0 Å².